The number of nitro groups is 1. The number of non-ortho nitro benzene ring substituents is 1. The van der Waals surface area contributed by atoms with E-state index >= 15 is 0 Å². The van der Waals surface area contributed by atoms with Crippen LogP contribution >= 0.6 is 11.6 Å². The highest BCUT2D eigenvalue weighted by molar-refractivity contribution is 6.30. The van der Waals surface area contributed by atoms with Gasteiger partial charge in [0.1, 0.15) is 5.75 Å². The number of ether oxygens (including phenoxy) is 1. The Bertz CT molecular complexity index is 629. The second kappa shape index (κ2) is 5.19. The minimum Gasteiger partial charge on any atom is -0.436 e. The van der Waals surface area contributed by atoms with E-state index in [1.54, 1.807) is 13.8 Å². The highest BCUT2D eigenvalue weighted by Gasteiger charge is 2.10. The van der Waals surface area contributed by atoms with E-state index in [4.69, 9.17) is 16.3 Å². The number of hydrogen-bond donors (Lipinski definition) is 0. The molecule has 98 valence electrons. The van der Waals surface area contributed by atoms with E-state index in [2.05, 4.69) is 9.97 Å². The summed E-state index contributed by atoms with van der Waals surface area (Å²) >= 11 is 5.93. The summed E-state index contributed by atoms with van der Waals surface area (Å²) in [5.74, 6) is 0.587. The Labute approximate surface area is 114 Å². The van der Waals surface area contributed by atoms with E-state index < -0.39 is 4.92 Å². The number of aromatic nitrogens is 2. The molecule has 2 rings (SSSR count). The van der Waals surface area contributed by atoms with Gasteiger partial charge in [0.05, 0.1) is 16.3 Å². The van der Waals surface area contributed by atoms with Crippen LogP contribution in [0.2, 0.25) is 5.15 Å². The number of hydrogen-bond acceptors (Lipinski definition) is 5. The van der Waals surface area contributed by atoms with Crippen LogP contribution in [0.3, 0.4) is 0 Å². The van der Waals surface area contributed by atoms with E-state index in [0.717, 1.165) is 5.69 Å². The molecule has 1 aromatic carbocycles. The zero-order chi connectivity index (χ0) is 14.0. The van der Waals surface area contributed by atoms with Crippen LogP contribution in [0.15, 0.2) is 24.3 Å². The van der Waals surface area contributed by atoms with Crippen molar-refractivity contribution in [3.8, 4) is 11.6 Å². The molecule has 2 aromatic rings. The summed E-state index contributed by atoms with van der Waals surface area (Å²) in [7, 11) is 0. The molecule has 0 radical (unpaired) electrons. The van der Waals surface area contributed by atoms with Crippen molar-refractivity contribution in [2.24, 2.45) is 0 Å². The van der Waals surface area contributed by atoms with Gasteiger partial charge in [0.2, 0.25) is 0 Å². The zero-order valence-electron chi connectivity index (χ0n) is 10.3. The molecule has 0 aliphatic rings. The van der Waals surface area contributed by atoms with Crippen molar-refractivity contribution in [1.82, 2.24) is 9.97 Å². The number of nitro benzene ring substituents is 1. The largest absolute Gasteiger partial charge is 0.436 e. The summed E-state index contributed by atoms with van der Waals surface area (Å²) in [6, 6.07) is 5.64. The van der Waals surface area contributed by atoms with E-state index in [1.165, 1.54) is 24.3 Å². The van der Waals surface area contributed by atoms with Crippen molar-refractivity contribution in [3.63, 3.8) is 0 Å². The smallest absolute Gasteiger partial charge is 0.269 e. The SMILES string of the molecule is Cc1nc(Cl)c(Oc2ccc([N+](=O)[O-])cc2)nc1C. The topological polar surface area (TPSA) is 78.2 Å². The fourth-order valence-electron chi connectivity index (χ4n) is 1.37. The molecule has 0 bridgehead atoms. The predicted molar refractivity (Wildman–Crippen MR) is 69.7 cm³/mol. The molecule has 1 heterocycles. The first-order valence-electron chi connectivity index (χ1n) is 5.40. The Kier molecular flexibility index (Phi) is 3.62. The number of nitrogens with zero attached hydrogens (tertiary/aromatic N) is 3. The summed E-state index contributed by atoms with van der Waals surface area (Å²) in [4.78, 5) is 18.3. The monoisotopic (exact) mass is 279 g/mol. The molecule has 0 amide bonds. The van der Waals surface area contributed by atoms with Crippen molar-refractivity contribution < 1.29 is 9.66 Å². The average Bonchev–Trinajstić information content (AvgIpc) is 2.36. The van der Waals surface area contributed by atoms with Crippen molar-refractivity contribution in [3.05, 3.63) is 50.9 Å². The Morgan fingerprint density at radius 1 is 1.16 bits per heavy atom. The Morgan fingerprint density at radius 2 is 1.74 bits per heavy atom. The van der Waals surface area contributed by atoms with Crippen LogP contribution in [0.25, 0.3) is 0 Å². The quantitative estimate of drug-likeness (QED) is 0.635. The van der Waals surface area contributed by atoms with Gasteiger partial charge in [0.25, 0.3) is 11.6 Å². The first kappa shape index (κ1) is 13.2. The standard InChI is InChI=1S/C12H10ClN3O3/c1-7-8(2)15-12(11(13)14-7)19-10-5-3-9(4-6-10)16(17)18/h3-6H,1-2H3. The lowest BCUT2D eigenvalue weighted by atomic mass is 10.3. The molecule has 0 aliphatic heterocycles. The van der Waals surface area contributed by atoms with Gasteiger partial charge in [-0.2, -0.15) is 0 Å². The van der Waals surface area contributed by atoms with Crippen LogP contribution < -0.4 is 4.74 Å². The number of aryl methyl sites for hydroxylation is 2. The van der Waals surface area contributed by atoms with Crippen LogP contribution in [0.5, 0.6) is 11.6 Å². The maximum absolute atomic E-state index is 10.5. The van der Waals surface area contributed by atoms with Gasteiger partial charge in [0, 0.05) is 12.1 Å². The first-order chi connectivity index (χ1) is 8.97. The summed E-state index contributed by atoms with van der Waals surface area (Å²) in [5.41, 5.74) is 1.42. The molecule has 0 saturated carbocycles. The molecule has 7 heteroatoms. The van der Waals surface area contributed by atoms with E-state index in [0.29, 0.717) is 11.4 Å². The van der Waals surface area contributed by atoms with Crippen LogP contribution in [-0.2, 0) is 0 Å². The first-order valence-corrected chi connectivity index (χ1v) is 5.78. The van der Waals surface area contributed by atoms with Gasteiger partial charge in [-0.15, -0.1) is 0 Å². The summed E-state index contributed by atoms with van der Waals surface area (Å²) < 4.78 is 5.45. The fraction of sp³-hybridized carbons (Fsp3) is 0.167. The van der Waals surface area contributed by atoms with Crippen molar-refractivity contribution >= 4 is 17.3 Å². The van der Waals surface area contributed by atoms with Gasteiger partial charge in [-0.25, -0.2) is 9.97 Å². The minimum atomic E-state index is -0.480. The summed E-state index contributed by atoms with van der Waals surface area (Å²) in [5, 5.41) is 10.7. The third-order valence-corrected chi connectivity index (χ3v) is 2.74. The Balaban J connectivity index is 2.26. The zero-order valence-corrected chi connectivity index (χ0v) is 11.0. The lowest BCUT2D eigenvalue weighted by Gasteiger charge is -2.07. The van der Waals surface area contributed by atoms with Gasteiger partial charge in [0.15, 0.2) is 5.15 Å². The van der Waals surface area contributed by atoms with E-state index in [-0.39, 0.29) is 16.7 Å². The number of halogens is 1. The molecule has 0 aliphatic carbocycles. The molecule has 0 unspecified atom stereocenters. The van der Waals surface area contributed by atoms with Gasteiger partial charge in [-0.3, -0.25) is 10.1 Å². The molecule has 0 saturated heterocycles. The second-order valence-electron chi connectivity index (χ2n) is 3.84. The molecule has 0 fully saturated rings. The lowest BCUT2D eigenvalue weighted by Crippen LogP contribution is -1.97. The molecule has 0 spiro atoms. The van der Waals surface area contributed by atoms with Gasteiger partial charge < -0.3 is 4.74 Å². The van der Waals surface area contributed by atoms with Gasteiger partial charge in [-0.1, -0.05) is 11.6 Å². The highest BCUT2D eigenvalue weighted by Crippen LogP contribution is 2.27. The van der Waals surface area contributed by atoms with Gasteiger partial charge >= 0.3 is 0 Å². The third-order valence-electron chi connectivity index (χ3n) is 2.50. The lowest BCUT2D eigenvalue weighted by molar-refractivity contribution is -0.384. The van der Waals surface area contributed by atoms with Crippen LogP contribution in [0.4, 0.5) is 5.69 Å². The number of benzene rings is 1. The minimum absolute atomic E-state index is 0.00961. The molecular formula is C12H10ClN3O3. The van der Waals surface area contributed by atoms with E-state index in [1.807, 2.05) is 0 Å². The van der Waals surface area contributed by atoms with Crippen molar-refractivity contribution in [2.75, 3.05) is 0 Å². The number of rotatable bonds is 3. The summed E-state index contributed by atoms with van der Waals surface area (Å²) in [6.07, 6.45) is 0. The molecule has 6 nitrogen and oxygen atoms in total. The van der Waals surface area contributed by atoms with Crippen LogP contribution in [-0.4, -0.2) is 14.9 Å². The van der Waals surface area contributed by atoms with Crippen molar-refractivity contribution in [1.29, 1.82) is 0 Å². The van der Waals surface area contributed by atoms with Crippen LogP contribution in [0.1, 0.15) is 11.4 Å². The molecule has 1 aromatic heterocycles. The Morgan fingerprint density at radius 3 is 2.32 bits per heavy atom. The summed E-state index contributed by atoms with van der Waals surface area (Å²) in [6.45, 7) is 3.59. The normalized spacial score (nSPS) is 10.3. The molecule has 19 heavy (non-hydrogen) atoms. The second-order valence-corrected chi connectivity index (χ2v) is 4.20. The highest BCUT2D eigenvalue weighted by atomic mass is 35.5. The maximum atomic E-state index is 10.5. The van der Waals surface area contributed by atoms with Crippen molar-refractivity contribution in [2.45, 2.75) is 13.8 Å². The predicted octanol–water partition coefficient (Wildman–Crippen LogP) is 3.45. The van der Waals surface area contributed by atoms with Gasteiger partial charge in [-0.05, 0) is 26.0 Å². The fourth-order valence-corrected chi connectivity index (χ4v) is 1.58. The molecular weight excluding hydrogens is 270 g/mol. The third kappa shape index (κ3) is 2.97. The molecule has 0 N–H and O–H groups in total. The maximum Gasteiger partial charge on any atom is 0.269 e. The van der Waals surface area contributed by atoms with E-state index in [9.17, 15) is 10.1 Å². The average molecular weight is 280 g/mol. The molecule has 0 atom stereocenters. The van der Waals surface area contributed by atoms with Crippen LogP contribution in [0, 0.1) is 24.0 Å². The Hall–Kier alpha value is -2.21.